The van der Waals surface area contributed by atoms with E-state index in [4.69, 9.17) is 10.1 Å². The van der Waals surface area contributed by atoms with Crippen LogP contribution >= 0.6 is 11.8 Å². The van der Waals surface area contributed by atoms with Gasteiger partial charge in [-0.2, -0.15) is 0 Å². The predicted octanol–water partition coefficient (Wildman–Crippen LogP) is 3.46. The number of carbonyl (C=O) groups excluding carboxylic acids is 2. The summed E-state index contributed by atoms with van der Waals surface area (Å²) in [6, 6.07) is 16.5. The lowest BCUT2D eigenvalue weighted by atomic mass is 10.1. The highest BCUT2D eigenvalue weighted by Gasteiger charge is 2.24. The molecule has 1 aliphatic heterocycles. The van der Waals surface area contributed by atoms with Crippen molar-refractivity contribution in [2.45, 2.75) is 0 Å². The number of nitrogens with one attached hydrogen (secondary N) is 2. The van der Waals surface area contributed by atoms with Crippen LogP contribution in [0, 0.1) is 5.41 Å². The van der Waals surface area contributed by atoms with E-state index in [9.17, 15) is 9.59 Å². The van der Waals surface area contributed by atoms with Gasteiger partial charge in [-0.05, 0) is 41.1 Å². The van der Waals surface area contributed by atoms with Crippen molar-refractivity contribution in [2.24, 2.45) is 0 Å². The number of hydrogen-bond acceptors (Lipinski definition) is 5. The Morgan fingerprint density at radius 2 is 1.79 bits per heavy atom. The smallest absolute Gasteiger partial charge is 0.290 e. The van der Waals surface area contributed by atoms with Crippen LogP contribution in [0.1, 0.15) is 11.1 Å². The van der Waals surface area contributed by atoms with E-state index in [-0.39, 0.29) is 17.8 Å². The van der Waals surface area contributed by atoms with Crippen molar-refractivity contribution in [3.05, 3.63) is 70.6 Å². The Morgan fingerprint density at radius 3 is 2.42 bits per heavy atom. The fourth-order valence-corrected chi connectivity index (χ4v) is 2.79. The van der Waals surface area contributed by atoms with Crippen molar-refractivity contribution in [3.8, 4) is 5.75 Å². The second-order valence-corrected chi connectivity index (χ2v) is 6.07. The third-order valence-electron chi connectivity index (χ3n) is 3.33. The van der Waals surface area contributed by atoms with Gasteiger partial charge in [-0.3, -0.25) is 14.9 Å². The monoisotopic (exact) mass is 338 g/mol. The lowest BCUT2D eigenvalue weighted by Crippen LogP contribution is -2.17. The fraction of sp³-hybridized carbons (Fsp3) is 0.0556. The topological polar surface area (TPSA) is 79.2 Å². The average Bonchev–Trinajstić information content (AvgIpc) is 2.92. The minimum atomic E-state index is -0.373. The third kappa shape index (κ3) is 3.91. The van der Waals surface area contributed by atoms with Crippen LogP contribution in [0.25, 0.3) is 6.08 Å². The number of thioether (sulfide) groups is 1. The number of imide groups is 1. The Hall–Kier alpha value is -2.86. The van der Waals surface area contributed by atoms with E-state index in [2.05, 4.69) is 5.32 Å². The Labute approximate surface area is 143 Å². The average molecular weight is 338 g/mol. The van der Waals surface area contributed by atoms with Gasteiger partial charge in [0.15, 0.2) is 0 Å². The molecular formula is C18H14N2O3S. The van der Waals surface area contributed by atoms with Gasteiger partial charge in [0.2, 0.25) is 0 Å². The quantitative estimate of drug-likeness (QED) is 0.646. The normalized spacial score (nSPS) is 15.4. The molecule has 0 bridgehead atoms. The zero-order chi connectivity index (χ0) is 16.9. The van der Waals surface area contributed by atoms with Crippen LogP contribution in [-0.2, 0) is 4.79 Å². The van der Waals surface area contributed by atoms with Gasteiger partial charge in [0.1, 0.15) is 12.4 Å². The van der Waals surface area contributed by atoms with Crippen molar-refractivity contribution >= 4 is 34.7 Å². The van der Waals surface area contributed by atoms with Crippen LogP contribution in [0.4, 0.5) is 4.79 Å². The standard InChI is InChI=1S/C18H14N2O3S/c19-15(13-4-2-1-3-5-13)11-23-14-8-6-12(7-9-14)10-16-17(21)20-18(22)24-16/h1-10,19H,11H2,(H,20,21,22)/b16-10-,19-15?. The van der Waals surface area contributed by atoms with E-state index >= 15 is 0 Å². The molecule has 2 amide bonds. The van der Waals surface area contributed by atoms with Crippen molar-refractivity contribution in [2.75, 3.05) is 6.61 Å². The maximum atomic E-state index is 11.5. The molecule has 1 saturated heterocycles. The zero-order valence-electron chi connectivity index (χ0n) is 12.6. The summed E-state index contributed by atoms with van der Waals surface area (Å²) < 4.78 is 5.60. The SMILES string of the molecule is N=C(COc1ccc(/C=C2\SC(=O)NC2=O)cc1)c1ccccc1. The highest BCUT2D eigenvalue weighted by molar-refractivity contribution is 8.18. The van der Waals surface area contributed by atoms with Gasteiger partial charge in [0.05, 0.1) is 10.6 Å². The van der Waals surface area contributed by atoms with Crippen LogP contribution in [0.3, 0.4) is 0 Å². The van der Waals surface area contributed by atoms with Crippen LogP contribution in [0.2, 0.25) is 0 Å². The van der Waals surface area contributed by atoms with E-state index in [0.29, 0.717) is 16.4 Å². The van der Waals surface area contributed by atoms with Gasteiger partial charge >= 0.3 is 0 Å². The molecule has 5 nitrogen and oxygen atoms in total. The second kappa shape index (κ2) is 7.14. The Balaban J connectivity index is 1.61. The molecule has 0 unspecified atom stereocenters. The van der Waals surface area contributed by atoms with Gasteiger partial charge in [-0.1, -0.05) is 42.5 Å². The molecule has 0 radical (unpaired) electrons. The van der Waals surface area contributed by atoms with Crippen molar-refractivity contribution in [1.29, 1.82) is 5.41 Å². The predicted molar refractivity (Wildman–Crippen MR) is 94.3 cm³/mol. The number of amides is 2. The molecule has 0 spiro atoms. The third-order valence-corrected chi connectivity index (χ3v) is 4.14. The number of carbonyl (C=O) groups is 2. The van der Waals surface area contributed by atoms with Gasteiger partial charge in [0.25, 0.3) is 11.1 Å². The summed E-state index contributed by atoms with van der Waals surface area (Å²) in [6.07, 6.45) is 1.65. The summed E-state index contributed by atoms with van der Waals surface area (Å²) in [6.45, 7) is 0.178. The summed E-state index contributed by atoms with van der Waals surface area (Å²) in [7, 11) is 0. The van der Waals surface area contributed by atoms with Crippen molar-refractivity contribution in [1.82, 2.24) is 5.32 Å². The summed E-state index contributed by atoms with van der Waals surface area (Å²) in [5.74, 6) is 0.263. The lowest BCUT2D eigenvalue weighted by Gasteiger charge is -2.08. The maximum absolute atomic E-state index is 11.5. The molecule has 0 aromatic heterocycles. The van der Waals surface area contributed by atoms with Gasteiger partial charge in [-0.25, -0.2) is 0 Å². The van der Waals surface area contributed by atoms with E-state index in [1.165, 1.54) is 0 Å². The highest BCUT2D eigenvalue weighted by atomic mass is 32.2. The Bertz CT molecular complexity index is 814. The summed E-state index contributed by atoms with van der Waals surface area (Å²) in [5.41, 5.74) is 2.03. The molecule has 2 aromatic rings. The van der Waals surface area contributed by atoms with Gasteiger partial charge < -0.3 is 10.1 Å². The Kier molecular flexibility index (Phi) is 4.77. The number of hydrogen-bond donors (Lipinski definition) is 2. The first-order valence-electron chi connectivity index (χ1n) is 7.22. The maximum Gasteiger partial charge on any atom is 0.290 e. The molecular weight excluding hydrogens is 324 g/mol. The molecule has 0 aliphatic carbocycles. The largest absolute Gasteiger partial charge is 0.487 e. The number of rotatable bonds is 5. The molecule has 3 rings (SSSR count). The van der Waals surface area contributed by atoms with Crippen LogP contribution in [0.5, 0.6) is 5.75 Å². The van der Waals surface area contributed by atoms with Gasteiger partial charge in [-0.15, -0.1) is 0 Å². The molecule has 2 aromatic carbocycles. The number of benzene rings is 2. The van der Waals surface area contributed by atoms with Crippen LogP contribution in [0.15, 0.2) is 59.5 Å². The summed E-state index contributed by atoms with van der Waals surface area (Å²) in [4.78, 5) is 23.0. The molecule has 1 heterocycles. The molecule has 1 aliphatic rings. The molecule has 0 atom stereocenters. The van der Waals surface area contributed by atoms with Crippen LogP contribution in [-0.4, -0.2) is 23.5 Å². The van der Waals surface area contributed by atoms with Crippen molar-refractivity contribution in [3.63, 3.8) is 0 Å². The zero-order valence-corrected chi connectivity index (χ0v) is 13.4. The van der Waals surface area contributed by atoms with E-state index < -0.39 is 0 Å². The highest BCUT2D eigenvalue weighted by Crippen LogP contribution is 2.26. The van der Waals surface area contributed by atoms with E-state index in [1.54, 1.807) is 30.3 Å². The number of ether oxygens (including phenoxy) is 1. The molecule has 2 N–H and O–H groups in total. The first-order valence-corrected chi connectivity index (χ1v) is 8.04. The summed E-state index contributed by atoms with van der Waals surface area (Å²) in [5, 5.41) is 9.86. The lowest BCUT2D eigenvalue weighted by molar-refractivity contribution is -0.115. The first-order chi connectivity index (χ1) is 11.6. The van der Waals surface area contributed by atoms with E-state index in [1.807, 2.05) is 30.3 Å². The van der Waals surface area contributed by atoms with Gasteiger partial charge in [0, 0.05) is 0 Å². The van der Waals surface area contributed by atoms with Crippen molar-refractivity contribution < 1.29 is 14.3 Å². The molecule has 0 saturated carbocycles. The van der Waals surface area contributed by atoms with E-state index in [0.717, 1.165) is 22.9 Å². The minimum Gasteiger partial charge on any atom is -0.487 e. The Morgan fingerprint density at radius 1 is 1.08 bits per heavy atom. The molecule has 1 fully saturated rings. The summed E-state index contributed by atoms with van der Waals surface area (Å²) >= 11 is 0.887. The first kappa shape index (κ1) is 16.0. The molecule has 24 heavy (non-hydrogen) atoms. The fourth-order valence-electron chi connectivity index (χ4n) is 2.11. The minimum absolute atomic E-state index is 0.178. The molecule has 6 heteroatoms. The molecule has 120 valence electrons. The second-order valence-electron chi connectivity index (χ2n) is 5.05. The van der Waals surface area contributed by atoms with Crippen LogP contribution < -0.4 is 10.1 Å².